The number of thiocarbonyl (C=S) groups is 1. The van der Waals surface area contributed by atoms with Crippen molar-refractivity contribution in [1.29, 1.82) is 0 Å². The third-order valence-electron chi connectivity index (χ3n) is 7.38. The predicted octanol–water partition coefficient (Wildman–Crippen LogP) is 7.61. The molecule has 2 atom stereocenters. The van der Waals surface area contributed by atoms with Crippen LogP contribution in [0.15, 0.2) is 97.2 Å². The molecule has 0 radical (unpaired) electrons. The van der Waals surface area contributed by atoms with Crippen LogP contribution in [-0.4, -0.2) is 20.8 Å². The van der Waals surface area contributed by atoms with Gasteiger partial charge in [0.15, 0.2) is 5.11 Å². The van der Waals surface area contributed by atoms with E-state index in [9.17, 15) is 0 Å². The fourth-order valence-electron chi connectivity index (χ4n) is 5.77. The van der Waals surface area contributed by atoms with Gasteiger partial charge in [0.25, 0.3) is 0 Å². The Hall–Kier alpha value is -4.16. The highest BCUT2D eigenvalue weighted by molar-refractivity contribution is 7.80. The van der Waals surface area contributed by atoms with E-state index in [0.29, 0.717) is 5.11 Å². The second-order valence-corrected chi connectivity index (χ2v) is 10.7. The third kappa shape index (κ3) is 4.55. The van der Waals surface area contributed by atoms with Gasteiger partial charge in [0.1, 0.15) is 5.75 Å². The molecule has 0 unspecified atom stereocenters. The Bertz CT molecular complexity index is 1640. The Morgan fingerprint density at radius 1 is 0.897 bits per heavy atom. The smallest absolute Gasteiger partial charge is 0.174 e. The molecule has 6 heteroatoms. The van der Waals surface area contributed by atoms with Crippen LogP contribution in [0.4, 0.5) is 5.69 Å². The summed E-state index contributed by atoms with van der Waals surface area (Å²) >= 11 is 5.97. The van der Waals surface area contributed by atoms with E-state index in [0.717, 1.165) is 17.1 Å². The quantitative estimate of drug-likeness (QED) is 0.228. The number of benzene rings is 3. The van der Waals surface area contributed by atoms with Gasteiger partial charge >= 0.3 is 0 Å². The van der Waals surface area contributed by atoms with Crippen LogP contribution in [0.3, 0.4) is 0 Å². The Morgan fingerprint density at radius 3 is 2.38 bits per heavy atom. The molecular weight excluding hydrogens is 500 g/mol. The maximum atomic E-state index is 5.97. The van der Waals surface area contributed by atoms with Crippen LogP contribution in [0, 0.1) is 13.8 Å². The summed E-state index contributed by atoms with van der Waals surface area (Å²) in [6.07, 6.45) is 1.96. The lowest BCUT2D eigenvalue weighted by molar-refractivity contribution is 0.242. The number of hydrogen-bond acceptors (Lipinski definition) is 3. The summed E-state index contributed by atoms with van der Waals surface area (Å²) in [4.78, 5) is 6.95. The van der Waals surface area contributed by atoms with Crippen LogP contribution in [0.1, 0.15) is 48.6 Å². The normalized spacial score (nSPS) is 17.2. The molecule has 3 heterocycles. The number of aryl methyl sites for hydroxylation is 1. The lowest BCUT2D eigenvalue weighted by atomic mass is 9.96. The van der Waals surface area contributed by atoms with Crippen LogP contribution < -0.4 is 15.0 Å². The Morgan fingerprint density at radius 2 is 1.64 bits per heavy atom. The summed E-state index contributed by atoms with van der Waals surface area (Å²) in [5, 5.41) is 6.73. The minimum absolute atomic E-state index is 0.0841. The van der Waals surface area contributed by atoms with Crippen LogP contribution in [0.2, 0.25) is 0 Å². The highest BCUT2D eigenvalue weighted by Gasteiger charge is 2.42. The Balaban J connectivity index is 1.50. The molecule has 5 nitrogen and oxygen atoms in total. The van der Waals surface area contributed by atoms with Gasteiger partial charge in [0, 0.05) is 28.7 Å². The summed E-state index contributed by atoms with van der Waals surface area (Å²) in [5.41, 5.74) is 6.73. The van der Waals surface area contributed by atoms with E-state index in [1.54, 1.807) is 0 Å². The molecule has 39 heavy (non-hydrogen) atoms. The molecule has 1 saturated heterocycles. The number of nitrogens with one attached hydrogen (secondary N) is 1. The van der Waals surface area contributed by atoms with Gasteiger partial charge in [-0.15, -0.1) is 0 Å². The number of ether oxygens (including phenoxy) is 1. The third-order valence-corrected chi connectivity index (χ3v) is 7.70. The van der Waals surface area contributed by atoms with Gasteiger partial charge in [0.05, 0.1) is 29.6 Å². The van der Waals surface area contributed by atoms with E-state index in [1.807, 2.05) is 44.3 Å². The first kappa shape index (κ1) is 25.1. The molecule has 1 N–H and O–H groups in total. The van der Waals surface area contributed by atoms with Crippen molar-refractivity contribution in [2.24, 2.45) is 0 Å². The largest absolute Gasteiger partial charge is 0.491 e. The van der Waals surface area contributed by atoms with E-state index in [1.165, 1.54) is 33.4 Å². The van der Waals surface area contributed by atoms with Crippen molar-refractivity contribution in [1.82, 2.24) is 14.9 Å². The Kier molecular flexibility index (Phi) is 6.57. The Labute approximate surface area is 235 Å². The molecule has 0 spiro atoms. The average molecular weight is 533 g/mol. The van der Waals surface area contributed by atoms with E-state index in [-0.39, 0.29) is 18.2 Å². The van der Waals surface area contributed by atoms with Crippen molar-refractivity contribution in [3.8, 4) is 11.4 Å². The number of pyridine rings is 1. The minimum Gasteiger partial charge on any atom is -0.491 e. The van der Waals surface area contributed by atoms with Crippen molar-refractivity contribution < 1.29 is 4.74 Å². The van der Waals surface area contributed by atoms with Gasteiger partial charge in [-0.25, -0.2) is 0 Å². The highest BCUT2D eigenvalue weighted by atomic mass is 32.1. The van der Waals surface area contributed by atoms with E-state index >= 15 is 0 Å². The molecule has 0 amide bonds. The van der Waals surface area contributed by atoms with Crippen molar-refractivity contribution >= 4 is 33.8 Å². The van der Waals surface area contributed by atoms with E-state index in [4.69, 9.17) is 21.9 Å². The van der Waals surface area contributed by atoms with Gasteiger partial charge in [-0.2, -0.15) is 0 Å². The molecular formula is C33H32N4OS. The number of anilines is 1. The predicted molar refractivity (Wildman–Crippen MR) is 163 cm³/mol. The molecule has 1 aliphatic rings. The first-order valence-corrected chi connectivity index (χ1v) is 13.8. The number of aromatic nitrogens is 2. The SMILES string of the molecule is Cc1cc([C@H]2[C@@H](c3ccccn3)NC(=S)N2c2ccc(OC(C)C)cc2)c(C)n1-c1cccc2ccccc12. The van der Waals surface area contributed by atoms with E-state index in [2.05, 4.69) is 95.4 Å². The zero-order valence-corrected chi connectivity index (χ0v) is 23.4. The topological polar surface area (TPSA) is 42.3 Å². The van der Waals surface area contributed by atoms with Crippen LogP contribution in [-0.2, 0) is 0 Å². The first-order valence-electron chi connectivity index (χ1n) is 13.4. The summed E-state index contributed by atoms with van der Waals surface area (Å²) in [7, 11) is 0. The van der Waals surface area contributed by atoms with E-state index < -0.39 is 0 Å². The van der Waals surface area contributed by atoms with Crippen molar-refractivity contribution in [2.45, 2.75) is 45.9 Å². The zero-order chi connectivity index (χ0) is 27.1. The van der Waals surface area contributed by atoms with Crippen molar-refractivity contribution in [2.75, 3.05) is 4.90 Å². The first-order chi connectivity index (χ1) is 18.9. The summed E-state index contributed by atoms with van der Waals surface area (Å²) in [6, 6.07) is 31.4. The fraction of sp³-hybridized carbons (Fsp3) is 0.212. The van der Waals surface area contributed by atoms with Crippen LogP contribution in [0.25, 0.3) is 16.5 Å². The number of hydrogen-bond donors (Lipinski definition) is 1. The second-order valence-electron chi connectivity index (χ2n) is 10.3. The average Bonchev–Trinajstić information content (AvgIpc) is 3.43. The minimum atomic E-state index is -0.105. The molecule has 0 aliphatic carbocycles. The molecule has 6 rings (SSSR count). The van der Waals surface area contributed by atoms with Crippen molar-refractivity contribution in [3.63, 3.8) is 0 Å². The lowest BCUT2D eigenvalue weighted by Gasteiger charge is -2.28. The summed E-state index contributed by atoms with van der Waals surface area (Å²) in [6.45, 7) is 8.45. The lowest BCUT2D eigenvalue weighted by Crippen LogP contribution is -2.29. The molecule has 0 saturated carbocycles. The van der Waals surface area contributed by atoms with Crippen LogP contribution in [0.5, 0.6) is 5.75 Å². The van der Waals surface area contributed by atoms with Gasteiger partial charge in [0.2, 0.25) is 0 Å². The maximum absolute atomic E-state index is 5.97. The molecule has 196 valence electrons. The second kappa shape index (κ2) is 10.2. The number of fused-ring (bicyclic) bond motifs is 1. The molecule has 1 fully saturated rings. The summed E-state index contributed by atoms with van der Waals surface area (Å²) in [5.74, 6) is 0.846. The molecule has 2 aromatic heterocycles. The molecule has 1 aliphatic heterocycles. The van der Waals surface area contributed by atoms with Crippen LogP contribution >= 0.6 is 12.2 Å². The highest BCUT2D eigenvalue weighted by Crippen LogP contribution is 2.44. The van der Waals surface area contributed by atoms with Crippen molar-refractivity contribution in [3.05, 3.63) is 120 Å². The number of nitrogens with zero attached hydrogens (tertiary/aromatic N) is 3. The zero-order valence-electron chi connectivity index (χ0n) is 22.6. The molecule has 5 aromatic rings. The number of rotatable bonds is 6. The standard InChI is InChI=1S/C33H32N4OS/c1-21(2)38-26-17-15-25(16-18-26)37-32(31(35-33(37)39)29-13-7-8-19-34-29)28-20-22(3)36(23(28)4)30-14-9-11-24-10-5-6-12-27(24)30/h5-21,31-32H,1-4H3,(H,35,39)/t31-,32+/m1/s1. The summed E-state index contributed by atoms with van der Waals surface area (Å²) < 4.78 is 8.27. The maximum Gasteiger partial charge on any atom is 0.174 e. The van der Waals surface area contributed by atoms with Gasteiger partial charge in [-0.05, 0) is 99.4 Å². The van der Waals surface area contributed by atoms with Gasteiger partial charge in [-0.1, -0.05) is 42.5 Å². The van der Waals surface area contributed by atoms with Gasteiger partial charge in [-0.3, -0.25) is 4.98 Å². The van der Waals surface area contributed by atoms with Gasteiger partial charge < -0.3 is 19.5 Å². The monoisotopic (exact) mass is 532 g/mol. The fourth-order valence-corrected chi connectivity index (χ4v) is 6.11. The molecule has 0 bridgehead atoms. The molecule has 3 aromatic carbocycles.